The van der Waals surface area contributed by atoms with Crippen LogP contribution in [0.4, 0.5) is 0 Å². The van der Waals surface area contributed by atoms with Crippen molar-refractivity contribution in [2.45, 2.75) is 0 Å². The minimum Gasteiger partial charge on any atom is -0.0616 e. The van der Waals surface area contributed by atoms with Gasteiger partial charge in [-0.05, 0) is 192 Å². The third-order valence-corrected chi connectivity index (χ3v) is 11.8. The zero-order chi connectivity index (χ0) is 35.3. The molecule has 0 saturated carbocycles. The minimum absolute atomic E-state index is 1.24. The predicted octanol–water partition coefficient (Wildman–Crippen LogP) is 15.4. The smallest absolute Gasteiger partial charge is 0.00987 e. The summed E-state index contributed by atoms with van der Waals surface area (Å²) in [6, 6.07) is 72.7. The van der Waals surface area contributed by atoms with Crippen molar-refractivity contribution in [3.05, 3.63) is 194 Å². The molecule has 0 N–H and O–H groups in total. The summed E-state index contributed by atoms with van der Waals surface area (Å²) in [5, 5.41) is 23.0. The highest BCUT2D eigenvalue weighted by Crippen LogP contribution is 2.38. The summed E-state index contributed by atoms with van der Waals surface area (Å²) in [6.45, 7) is 0. The topological polar surface area (TPSA) is 0 Å². The van der Waals surface area contributed by atoms with E-state index in [9.17, 15) is 0 Å². The van der Waals surface area contributed by atoms with Gasteiger partial charge >= 0.3 is 0 Å². The number of hydrogen-bond donors (Lipinski definition) is 0. The number of fused-ring (bicyclic) bond motifs is 11. The molecule has 0 aliphatic heterocycles. The highest BCUT2D eigenvalue weighted by atomic mass is 14.1. The van der Waals surface area contributed by atoms with Gasteiger partial charge in [-0.15, -0.1) is 0 Å². The van der Waals surface area contributed by atoms with Gasteiger partial charge in [0.05, 0.1) is 0 Å². The highest BCUT2D eigenvalue weighted by molar-refractivity contribution is 6.21. The van der Waals surface area contributed by atoms with Crippen LogP contribution in [0.2, 0.25) is 0 Å². The van der Waals surface area contributed by atoms with Crippen LogP contribution in [0, 0.1) is 0 Å². The van der Waals surface area contributed by atoms with E-state index in [-0.39, 0.29) is 0 Å². The Balaban J connectivity index is 0.927. The first-order valence-electron chi connectivity index (χ1n) is 18.8. The van der Waals surface area contributed by atoms with Gasteiger partial charge in [0, 0.05) is 0 Å². The third kappa shape index (κ3) is 4.64. The second-order valence-corrected chi connectivity index (χ2v) is 15.0. The van der Waals surface area contributed by atoms with E-state index in [1.54, 1.807) is 0 Å². The van der Waals surface area contributed by atoms with Gasteiger partial charge in [0.15, 0.2) is 0 Å². The standard InChI is InChI=1S/C54H32/c1-3-7-35-23-47-25-37(9-13-41(47)21-33(35)5-1)39-11-15-43-31-53-45(29-49(43)27-39)17-19-52-51(53)20-18-46-30-50-28-40(12-16-44(50)32-54(46)52)38-10-14-42-22-34-6-2-4-8-36(34)24-48(42)26-38/h1-32H. The van der Waals surface area contributed by atoms with Crippen molar-refractivity contribution in [3.63, 3.8) is 0 Å². The summed E-state index contributed by atoms with van der Waals surface area (Å²) < 4.78 is 0. The molecule has 12 aromatic rings. The van der Waals surface area contributed by atoms with E-state index in [1.807, 2.05) is 0 Å². The fourth-order valence-corrected chi connectivity index (χ4v) is 8.97. The second kappa shape index (κ2) is 11.2. The molecule has 0 aliphatic rings. The van der Waals surface area contributed by atoms with E-state index in [2.05, 4.69) is 194 Å². The van der Waals surface area contributed by atoms with E-state index in [0.717, 1.165) is 0 Å². The molecule has 0 nitrogen and oxygen atoms in total. The molecule has 0 spiro atoms. The van der Waals surface area contributed by atoms with Gasteiger partial charge in [0.25, 0.3) is 0 Å². The quantitative estimate of drug-likeness (QED) is 0.126. The van der Waals surface area contributed by atoms with Crippen molar-refractivity contribution in [1.29, 1.82) is 0 Å². The van der Waals surface area contributed by atoms with Crippen molar-refractivity contribution in [2.75, 3.05) is 0 Å². The molecule has 0 atom stereocenters. The van der Waals surface area contributed by atoms with E-state index in [0.29, 0.717) is 0 Å². The SMILES string of the molecule is c1ccc2cc3cc(-c4ccc5cc6c(ccc7c8cc9ccc(-c%10ccc%11cc%12ccccc%12cc%11c%10)cc9cc8ccc67)cc5c4)ccc3cc2c1. The molecule has 0 amide bonds. The molecular formula is C54H32. The van der Waals surface area contributed by atoms with Gasteiger partial charge in [-0.1, -0.05) is 121 Å². The molecule has 12 aromatic carbocycles. The molecule has 0 heterocycles. The fourth-order valence-electron chi connectivity index (χ4n) is 8.97. The Morgan fingerprint density at radius 3 is 0.759 bits per heavy atom. The largest absolute Gasteiger partial charge is 0.0616 e. The summed E-state index contributed by atoms with van der Waals surface area (Å²) in [7, 11) is 0. The van der Waals surface area contributed by atoms with Crippen molar-refractivity contribution in [2.24, 2.45) is 0 Å². The zero-order valence-electron chi connectivity index (χ0n) is 29.5. The lowest BCUT2D eigenvalue weighted by Gasteiger charge is -2.12. The van der Waals surface area contributed by atoms with E-state index in [4.69, 9.17) is 0 Å². The van der Waals surface area contributed by atoms with Crippen LogP contribution in [0.3, 0.4) is 0 Å². The van der Waals surface area contributed by atoms with Crippen LogP contribution in [0.5, 0.6) is 0 Å². The number of benzene rings is 12. The normalized spacial score (nSPS) is 12.1. The van der Waals surface area contributed by atoms with Crippen LogP contribution in [-0.4, -0.2) is 0 Å². The molecule has 0 aromatic heterocycles. The Morgan fingerprint density at radius 1 is 0.148 bits per heavy atom. The van der Waals surface area contributed by atoms with E-state index < -0.39 is 0 Å². The Kier molecular flexibility index (Phi) is 6.15. The molecule has 0 aliphatic carbocycles. The van der Waals surface area contributed by atoms with Gasteiger partial charge in [0.1, 0.15) is 0 Å². The van der Waals surface area contributed by atoms with E-state index >= 15 is 0 Å². The molecule has 0 heteroatoms. The van der Waals surface area contributed by atoms with E-state index in [1.165, 1.54) is 119 Å². The maximum Gasteiger partial charge on any atom is -0.00987 e. The van der Waals surface area contributed by atoms with Crippen LogP contribution in [0.25, 0.3) is 119 Å². The fraction of sp³-hybridized carbons (Fsp3) is 0. The summed E-state index contributed by atoms with van der Waals surface area (Å²) in [4.78, 5) is 0. The van der Waals surface area contributed by atoms with Gasteiger partial charge in [-0.2, -0.15) is 0 Å². The Bertz CT molecular complexity index is 3310. The first kappa shape index (κ1) is 29.5. The summed E-state index contributed by atoms with van der Waals surface area (Å²) in [6.07, 6.45) is 0. The molecule has 0 bridgehead atoms. The summed E-state index contributed by atoms with van der Waals surface area (Å²) >= 11 is 0. The lowest BCUT2D eigenvalue weighted by atomic mass is 9.92. The van der Waals surface area contributed by atoms with Gasteiger partial charge < -0.3 is 0 Å². The van der Waals surface area contributed by atoms with Crippen LogP contribution >= 0.6 is 0 Å². The second-order valence-electron chi connectivity index (χ2n) is 15.0. The molecule has 54 heavy (non-hydrogen) atoms. The molecular weight excluding hydrogens is 649 g/mol. The Hall–Kier alpha value is -7.02. The van der Waals surface area contributed by atoms with Crippen LogP contribution in [-0.2, 0) is 0 Å². The minimum atomic E-state index is 1.24. The average molecular weight is 681 g/mol. The first-order chi connectivity index (χ1) is 26.7. The van der Waals surface area contributed by atoms with Crippen molar-refractivity contribution < 1.29 is 0 Å². The lowest BCUT2D eigenvalue weighted by Crippen LogP contribution is -1.85. The maximum atomic E-state index is 2.38. The Morgan fingerprint density at radius 2 is 0.407 bits per heavy atom. The van der Waals surface area contributed by atoms with Crippen LogP contribution in [0.1, 0.15) is 0 Å². The number of rotatable bonds is 2. The van der Waals surface area contributed by atoms with Gasteiger partial charge in [-0.25, -0.2) is 0 Å². The third-order valence-electron chi connectivity index (χ3n) is 11.8. The van der Waals surface area contributed by atoms with Crippen molar-refractivity contribution in [3.8, 4) is 22.3 Å². The highest BCUT2D eigenvalue weighted by Gasteiger charge is 2.11. The van der Waals surface area contributed by atoms with Gasteiger partial charge in [0.2, 0.25) is 0 Å². The summed E-state index contributed by atoms with van der Waals surface area (Å²) in [5.41, 5.74) is 4.98. The van der Waals surface area contributed by atoms with Crippen molar-refractivity contribution in [1.82, 2.24) is 0 Å². The maximum absolute atomic E-state index is 2.38. The average Bonchev–Trinajstić information content (AvgIpc) is 3.22. The van der Waals surface area contributed by atoms with Crippen molar-refractivity contribution >= 4 is 97.0 Å². The lowest BCUT2D eigenvalue weighted by molar-refractivity contribution is 1.69. The molecule has 0 unspecified atom stereocenters. The molecule has 0 radical (unpaired) electrons. The van der Waals surface area contributed by atoms with Crippen LogP contribution in [0.15, 0.2) is 194 Å². The zero-order valence-corrected chi connectivity index (χ0v) is 29.5. The van der Waals surface area contributed by atoms with Gasteiger partial charge in [-0.3, -0.25) is 0 Å². The molecule has 12 rings (SSSR count). The monoisotopic (exact) mass is 680 g/mol. The first-order valence-corrected chi connectivity index (χ1v) is 18.8. The van der Waals surface area contributed by atoms with Crippen LogP contribution < -0.4 is 0 Å². The number of hydrogen-bond acceptors (Lipinski definition) is 0. The molecule has 0 fully saturated rings. The Labute approximate surface area is 312 Å². The summed E-state index contributed by atoms with van der Waals surface area (Å²) in [5.74, 6) is 0. The molecule has 248 valence electrons. The molecule has 0 saturated heterocycles. The predicted molar refractivity (Wildman–Crippen MR) is 235 cm³/mol.